The highest BCUT2D eigenvalue weighted by atomic mass is 79.9. The van der Waals surface area contributed by atoms with Crippen molar-refractivity contribution in [3.05, 3.63) is 55.7 Å². The Morgan fingerprint density at radius 1 is 1.26 bits per heavy atom. The lowest BCUT2D eigenvalue weighted by atomic mass is 10.0. The van der Waals surface area contributed by atoms with Crippen LogP contribution in [-0.4, -0.2) is 5.11 Å². The van der Waals surface area contributed by atoms with E-state index in [1.165, 1.54) is 29.5 Å². The summed E-state index contributed by atoms with van der Waals surface area (Å²) in [4.78, 5) is 0.487. The average molecular weight is 351 g/mol. The van der Waals surface area contributed by atoms with Crippen molar-refractivity contribution in [1.29, 1.82) is 0 Å². The van der Waals surface area contributed by atoms with Gasteiger partial charge in [-0.2, -0.15) is 13.2 Å². The van der Waals surface area contributed by atoms with Crippen LogP contribution in [0.5, 0.6) is 0 Å². The van der Waals surface area contributed by atoms with Gasteiger partial charge in [-0.25, -0.2) is 0 Å². The molecule has 0 aliphatic carbocycles. The van der Waals surface area contributed by atoms with Crippen molar-refractivity contribution in [1.82, 2.24) is 0 Å². The standard InChI is InChI=1S/C13H10BrF3OS/c1-7-6-10(19-12(7)14)11(18)8-4-2-3-5-9(8)13(15,16)17/h2-6,11,18H,1H3. The molecule has 1 nitrogen and oxygen atoms in total. The monoisotopic (exact) mass is 350 g/mol. The molecule has 1 aromatic carbocycles. The van der Waals surface area contributed by atoms with Crippen molar-refractivity contribution in [2.75, 3.05) is 0 Å². The molecule has 0 aliphatic heterocycles. The van der Waals surface area contributed by atoms with Gasteiger partial charge in [0.05, 0.1) is 9.35 Å². The van der Waals surface area contributed by atoms with Gasteiger partial charge in [0.1, 0.15) is 6.10 Å². The second-order valence-corrected chi connectivity index (χ2v) is 6.49. The lowest BCUT2D eigenvalue weighted by molar-refractivity contribution is -0.138. The first-order valence-electron chi connectivity index (χ1n) is 5.40. The van der Waals surface area contributed by atoms with Gasteiger partial charge in [0, 0.05) is 4.88 Å². The lowest BCUT2D eigenvalue weighted by Crippen LogP contribution is -2.12. The second-order valence-electron chi connectivity index (χ2n) is 4.09. The molecule has 0 aliphatic rings. The van der Waals surface area contributed by atoms with Gasteiger partial charge < -0.3 is 5.11 Å². The first kappa shape index (κ1) is 14.6. The minimum atomic E-state index is -4.47. The number of benzene rings is 1. The predicted octanol–water partition coefficient (Wildman–Crippen LogP) is 4.92. The van der Waals surface area contributed by atoms with Crippen LogP contribution in [0.4, 0.5) is 13.2 Å². The summed E-state index contributed by atoms with van der Waals surface area (Å²) in [6.07, 6.45) is -5.74. The predicted molar refractivity (Wildman–Crippen MR) is 72.3 cm³/mol. The van der Waals surface area contributed by atoms with E-state index in [1.807, 2.05) is 6.92 Å². The van der Waals surface area contributed by atoms with Crippen molar-refractivity contribution in [2.45, 2.75) is 19.2 Å². The van der Waals surface area contributed by atoms with Crippen LogP contribution in [0.2, 0.25) is 0 Å². The smallest absolute Gasteiger partial charge is 0.383 e. The molecule has 0 spiro atoms. The molecule has 1 aromatic heterocycles. The molecule has 0 saturated carbocycles. The van der Waals surface area contributed by atoms with Crippen molar-refractivity contribution >= 4 is 27.3 Å². The van der Waals surface area contributed by atoms with Crippen LogP contribution >= 0.6 is 27.3 Å². The van der Waals surface area contributed by atoms with Crippen LogP contribution in [0.25, 0.3) is 0 Å². The highest BCUT2D eigenvalue weighted by molar-refractivity contribution is 9.11. The Kier molecular flexibility index (Phi) is 4.03. The van der Waals surface area contributed by atoms with Crippen molar-refractivity contribution in [3.63, 3.8) is 0 Å². The van der Waals surface area contributed by atoms with Crippen molar-refractivity contribution in [3.8, 4) is 0 Å². The fraction of sp³-hybridized carbons (Fsp3) is 0.231. The highest BCUT2D eigenvalue weighted by Gasteiger charge is 2.35. The number of thiophene rings is 1. The van der Waals surface area contributed by atoms with Crippen LogP contribution in [0, 0.1) is 6.92 Å². The number of aliphatic hydroxyl groups excluding tert-OH is 1. The second kappa shape index (κ2) is 5.26. The fourth-order valence-corrected chi connectivity index (χ4v) is 3.34. The zero-order chi connectivity index (χ0) is 14.2. The molecule has 0 saturated heterocycles. The molecular weight excluding hydrogens is 341 g/mol. The summed E-state index contributed by atoms with van der Waals surface area (Å²) in [6.45, 7) is 1.83. The Morgan fingerprint density at radius 2 is 1.89 bits per heavy atom. The van der Waals surface area contributed by atoms with Gasteiger partial charge in [-0.05, 0) is 46.1 Å². The molecule has 0 amide bonds. The molecule has 6 heteroatoms. The molecule has 2 rings (SSSR count). The topological polar surface area (TPSA) is 20.2 Å². The maximum absolute atomic E-state index is 12.9. The Bertz CT molecular complexity index is 572. The lowest BCUT2D eigenvalue weighted by Gasteiger charge is -2.16. The number of aliphatic hydroxyl groups is 1. The van der Waals surface area contributed by atoms with Gasteiger partial charge in [-0.15, -0.1) is 11.3 Å². The van der Waals surface area contributed by atoms with Crippen LogP contribution in [0.1, 0.15) is 27.7 Å². The zero-order valence-electron chi connectivity index (χ0n) is 9.83. The minimum absolute atomic E-state index is 0.122. The third kappa shape index (κ3) is 3.01. The Balaban J connectivity index is 2.47. The number of hydrogen-bond donors (Lipinski definition) is 1. The molecule has 19 heavy (non-hydrogen) atoms. The number of halogens is 4. The molecule has 1 atom stereocenters. The van der Waals surface area contributed by atoms with Crippen LogP contribution in [-0.2, 0) is 6.18 Å². The number of aryl methyl sites for hydroxylation is 1. The van der Waals surface area contributed by atoms with Crippen LogP contribution in [0.3, 0.4) is 0 Å². The van der Waals surface area contributed by atoms with Crippen molar-refractivity contribution in [2.24, 2.45) is 0 Å². The molecule has 0 fully saturated rings. The van der Waals surface area contributed by atoms with E-state index in [4.69, 9.17) is 0 Å². The van der Waals surface area contributed by atoms with E-state index in [2.05, 4.69) is 15.9 Å². The number of alkyl halides is 3. The van der Waals surface area contributed by atoms with E-state index in [0.29, 0.717) is 4.88 Å². The molecule has 0 radical (unpaired) electrons. The average Bonchev–Trinajstić information content (AvgIpc) is 2.68. The molecule has 1 N–H and O–H groups in total. The summed E-state index contributed by atoms with van der Waals surface area (Å²) in [5.41, 5.74) is -0.0306. The van der Waals surface area contributed by atoms with Crippen LogP contribution < -0.4 is 0 Å². The van der Waals surface area contributed by atoms with Crippen LogP contribution in [0.15, 0.2) is 34.1 Å². The van der Waals surface area contributed by atoms with Gasteiger partial charge >= 0.3 is 6.18 Å². The summed E-state index contributed by atoms with van der Waals surface area (Å²) in [6, 6.07) is 6.77. The Hall–Kier alpha value is -0.850. The largest absolute Gasteiger partial charge is 0.416 e. The summed E-state index contributed by atoms with van der Waals surface area (Å²) in [5.74, 6) is 0. The molecule has 2 aromatic rings. The van der Waals surface area contributed by atoms with Gasteiger partial charge in [0.2, 0.25) is 0 Å². The van der Waals surface area contributed by atoms with Gasteiger partial charge in [-0.1, -0.05) is 18.2 Å². The summed E-state index contributed by atoms with van der Waals surface area (Å²) < 4.78 is 39.5. The zero-order valence-corrected chi connectivity index (χ0v) is 12.2. The third-order valence-electron chi connectivity index (χ3n) is 2.71. The van der Waals surface area contributed by atoms with E-state index in [-0.39, 0.29) is 5.56 Å². The molecule has 1 unspecified atom stereocenters. The highest BCUT2D eigenvalue weighted by Crippen LogP contribution is 2.39. The van der Waals surface area contributed by atoms with Gasteiger partial charge in [-0.3, -0.25) is 0 Å². The maximum atomic E-state index is 12.9. The molecule has 1 heterocycles. The summed E-state index contributed by atoms with van der Waals surface area (Å²) >= 11 is 4.54. The third-order valence-corrected chi connectivity index (χ3v) is 4.90. The van der Waals surface area contributed by atoms with E-state index in [0.717, 1.165) is 15.4 Å². The van der Waals surface area contributed by atoms with E-state index in [1.54, 1.807) is 6.07 Å². The quantitative estimate of drug-likeness (QED) is 0.814. The maximum Gasteiger partial charge on any atom is 0.416 e. The molecule has 0 bridgehead atoms. The van der Waals surface area contributed by atoms with E-state index < -0.39 is 17.8 Å². The summed E-state index contributed by atoms with van der Waals surface area (Å²) in [7, 11) is 0. The van der Waals surface area contributed by atoms with E-state index >= 15 is 0 Å². The van der Waals surface area contributed by atoms with E-state index in [9.17, 15) is 18.3 Å². The first-order chi connectivity index (χ1) is 8.80. The van der Waals surface area contributed by atoms with Gasteiger partial charge in [0.25, 0.3) is 0 Å². The Labute approximate surface area is 120 Å². The summed E-state index contributed by atoms with van der Waals surface area (Å²) in [5, 5.41) is 10.2. The normalized spacial score (nSPS) is 13.6. The molecular formula is C13H10BrF3OS. The van der Waals surface area contributed by atoms with Crippen molar-refractivity contribution < 1.29 is 18.3 Å². The number of hydrogen-bond acceptors (Lipinski definition) is 2. The SMILES string of the molecule is Cc1cc(C(O)c2ccccc2C(F)(F)F)sc1Br. The minimum Gasteiger partial charge on any atom is -0.383 e. The van der Waals surface area contributed by atoms with Gasteiger partial charge in [0.15, 0.2) is 0 Å². The first-order valence-corrected chi connectivity index (χ1v) is 7.01. The number of rotatable bonds is 2. The fourth-order valence-electron chi connectivity index (χ4n) is 1.77. The Morgan fingerprint density at radius 3 is 2.42 bits per heavy atom. The molecule has 102 valence electrons.